The van der Waals surface area contributed by atoms with Crippen molar-refractivity contribution in [1.29, 1.82) is 0 Å². The minimum absolute atomic E-state index is 0.00742. The van der Waals surface area contributed by atoms with Gasteiger partial charge in [-0.15, -0.1) is 6.58 Å². The van der Waals surface area contributed by atoms with E-state index in [-0.39, 0.29) is 34.4 Å². The average molecular weight is 399 g/mol. The standard InChI is InChI=1S/C25H34O4/c1-4-13-27-24-12-11-22(2)23(24,10-7-14-26-3)16-21(29-22)25-18-9-6-5-8-17(18)19(28-25)15-20(24)25/h4,15,19,21H,1,5-14,16H2,2-3H3/t19?,21-,22?,23+,24-,25-/m0/s1. The highest BCUT2D eigenvalue weighted by molar-refractivity contribution is 5.60. The maximum absolute atomic E-state index is 7.04. The van der Waals surface area contributed by atoms with Gasteiger partial charge in [0.15, 0.2) is 0 Å². The molecule has 3 heterocycles. The number of hydrogen-bond donors (Lipinski definition) is 0. The third kappa shape index (κ3) is 1.96. The third-order valence-corrected chi connectivity index (χ3v) is 9.30. The molecule has 3 aliphatic carbocycles. The minimum atomic E-state index is -0.357. The second-order valence-electron chi connectivity index (χ2n) is 10.2. The molecule has 3 fully saturated rings. The van der Waals surface area contributed by atoms with Crippen molar-refractivity contribution in [2.75, 3.05) is 20.3 Å². The van der Waals surface area contributed by atoms with Gasteiger partial charge in [-0.05, 0) is 87.5 Å². The van der Waals surface area contributed by atoms with Crippen molar-refractivity contribution in [3.05, 3.63) is 35.5 Å². The van der Waals surface area contributed by atoms with Crippen LogP contribution in [0, 0.1) is 5.41 Å². The molecule has 4 heteroatoms. The van der Waals surface area contributed by atoms with Crippen LogP contribution in [0.5, 0.6) is 0 Å². The predicted molar refractivity (Wildman–Crippen MR) is 111 cm³/mol. The molecular weight excluding hydrogens is 364 g/mol. The first kappa shape index (κ1) is 18.8. The van der Waals surface area contributed by atoms with Gasteiger partial charge in [0.05, 0.1) is 24.4 Å². The van der Waals surface area contributed by atoms with Crippen molar-refractivity contribution in [2.24, 2.45) is 5.41 Å². The Balaban J connectivity index is 1.51. The summed E-state index contributed by atoms with van der Waals surface area (Å²) in [6.45, 7) is 7.68. The largest absolute Gasteiger partial charge is 0.385 e. The van der Waals surface area contributed by atoms with Crippen LogP contribution in [-0.4, -0.2) is 49.3 Å². The van der Waals surface area contributed by atoms with Crippen molar-refractivity contribution in [3.63, 3.8) is 0 Å². The lowest BCUT2D eigenvalue weighted by Crippen LogP contribution is -2.62. The van der Waals surface area contributed by atoms with Crippen LogP contribution < -0.4 is 0 Å². The molecule has 1 spiro atoms. The SMILES string of the molecule is C=CCO[C@]12CCC3(C)O[C@@H](C[C@]31CCCOC)[C@@]13OC(C=C12)C1=C3CCCC1. The van der Waals surface area contributed by atoms with Crippen molar-refractivity contribution in [2.45, 2.75) is 93.7 Å². The first-order valence-corrected chi connectivity index (χ1v) is 11.6. The summed E-state index contributed by atoms with van der Waals surface area (Å²) < 4.78 is 26.2. The van der Waals surface area contributed by atoms with Crippen LogP contribution in [0.2, 0.25) is 0 Å². The Morgan fingerprint density at radius 2 is 2.10 bits per heavy atom. The Labute approximate surface area is 174 Å². The molecule has 4 nitrogen and oxygen atoms in total. The summed E-state index contributed by atoms with van der Waals surface area (Å²) >= 11 is 0. The summed E-state index contributed by atoms with van der Waals surface area (Å²) in [6, 6.07) is 0. The van der Waals surface area contributed by atoms with Crippen LogP contribution in [0.15, 0.2) is 35.5 Å². The van der Waals surface area contributed by atoms with Gasteiger partial charge in [0.25, 0.3) is 0 Å². The second-order valence-corrected chi connectivity index (χ2v) is 10.2. The van der Waals surface area contributed by atoms with Gasteiger partial charge in [0.2, 0.25) is 0 Å². The number of fused-ring (bicyclic) bond motifs is 4. The van der Waals surface area contributed by atoms with E-state index in [0.717, 1.165) is 45.1 Å². The molecule has 3 aliphatic heterocycles. The van der Waals surface area contributed by atoms with Crippen LogP contribution >= 0.6 is 0 Å². The first-order chi connectivity index (χ1) is 14.1. The molecule has 158 valence electrons. The van der Waals surface area contributed by atoms with E-state index in [1.165, 1.54) is 24.8 Å². The highest BCUT2D eigenvalue weighted by Gasteiger charge is 2.82. The van der Waals surface area contributed by atoms with Crippen molar-refractivity contribution in [3.8, 4) is 0 Å². The molecule has 0 aromatic rings. The minimum Gasteiger partial charge on any atom is -0.385 e. The molecule has 6 atom stereocenters. The predicted octanol–water partition coefficient (Wildman–Crippen LogP) is 4.64. The fraction of sp³-hybridized carbons (Fsp3) is 0.760. The van der Waals surface area contributed by atoms with E-state index in [1.54, 1.807) is 18.3 Å². The number of rotatable bonds is 7. The maximum Gasteiger partial charge on any atom is 0.141 e. The van der Waals surface area contributed by atoms with Crippen LogP contribution in [0.3, 0.4) is 0 Å². The Morgan fingerprint density at radius 1 is 1.24 bits per heavy atom. The number of methoxy groups -OCH3 is 1. The van der Waals surface area contributed by atoms with Crippen molar-refractivity contribution in [1.82, 2.24) is 0 Å². The molecule has 2 saturated carbocycles. The van der Waals surface area contributed by atoms with Gasteiger partial charge >= 0.3 is 0 Å². The highest BCUT2D eigenvalue weighted by Crippen LogP contribution is 2.77. The zero-order chi connectivity index (χ0) is 19.9. The topological polar surface area (TPSA) is 36.9 Å². The molecule has 0 radical (unpaired) electrons. The monoisotopic (exact) mass is 398 g/mol. The summed E-state index contributed by atoms with van der Waals surface area (Å²) in [5.74, 6) is 0. The lowest BCUT2D eigenvalue weighted by molar-refractivity contribution is -0.135. The van der Waals surface area contributed by atoms with E-state index in [9.17, 15) is 0 Å². The molecule has 29 heavy (non-hydrogen) atoms. The van der Waals surface area contributed by atoms with E-state index in [1.807, 2.05) is 6.08 Å². The number of hydrogen-bond acceptors (Lipinski definition) is 4. The molecular formula is C25H34O4. The fourth-order valence-corrected chi connectivity index (χ4v) is 8.26. The normalized spacial score (nSPS) is 48.7. The molecule has 6 aliphatic rings. The van der Waals surface area contributed by atoms with E-state index < -0.39 is 0 Å². The quantitative estimate of drug-likeness (QED) is 0.462. The fourth-order valence-electron chi connectivity index (χ4n) is 8.26. The Hall–Kier alpha value is -0.940. The Kier molecular flexibility index (Phi) is 3.93. The van der Waals surface area contributed by atoms with Gasteiger partial charge in [-0.25, -0.2) is 0 Å². The summed E-state index contributed by atoms with van der Waals surface area (Å²) in [6.07, 6.45) is 14.8. The van der Waals surface area contributed by atoms with Crippen LogP contribution in [-0.2, 0) is 18.9 Å². The van der Waals surface area contributed by atoms with E-state index in [0.29, 0.717) is 6.61 Å². The smallest absolute Gasteiger partial charge is 0.141 e. The van der Waals surface area contributed by atoms with Gasteiger partial charge in [-0.1, -0.05) is 6.08 Å². The molecule has 2 unspecified atom stereocenters. The Morgan fingerprint density at radius 3 is 2.93 bits per heavy atom. The molecule has 0 N–H and O–H groups in total. The molecule has 6 rings (SSSR count). The first-order valence-electron chi connectivity index (χ1n) is 11.6. The van der Waals surface area contributed by atoms with Crippen LogP contribution in [0.1, 0.15) is 64.7 Å². The number of ether oxygens (including phenoxy) is 4. The maximum atomic E-state index is 7.04. The second kappa shape index (κ2) is 6.06. The molecule has 0 aromatic carbocycles. The van der Waals surface area contributed by atoms with Crippen molar-refractivity contribution < 1.29 is 18.9 Å². The lowest BCUT2D eigenvalue weighted by Gasteiger charge is -2.55. The van der Waals surface area contributed by atoms with Gasteiger partial charge in [0, 0.05) is 19.1 Å². The van der Waals surface area contributed by atoms with Gasteiger partial charge in [-0.3, -0.25) is 0 Å². The molecule has 1 saturated heterocycles. The van der Waals surface area contributed by atoms with Crippen molar-refractivity contribution >= 4 is 0 Å². The summed E-state index contributed by atoms with van der Waals surface area (Å²) in [7, 11) is 1.80. The van der Waals surface area contributed by atoms with Gasteiger partial charge in [0.1, 0.15) is 11.2 Å². The molecule has 0 amide bonds. The van der Waals surface area contributed by atoms with E-state index in [2.05, 4.69) is 19.6 Å². The van der Waals surface area contributed by atoms with E-state index >= 15 is 0 Å². The van der Waals surface area contributed by atoms with Crippen LogP contribution in [0.4, 0.5) is 0 Å². The summed E-state index contributed by atoms with van der Waals surface area (Å²) in [5, 5.41) is 0. The third-order valence-electron chi connectivity index (χ3n) is 9.30. The van der Waals surface area contributed by atoms with E-state index in [4.69, 9.17) is 18.9 Å². The lowest BCUT2D eigenvalue weighted by atomic mass is 9.52. The molecule has 0 aromatic heterocycles. The van der Waals surface area contributed by atoms with Gasteiger partial charge < -0.3 is 18.9 Å². The van der Waals surface area contributed by atoms with Crippen LogP contribution in [0.25, 0.3) is 0 Å². The zero-order valence-electron chi connectivity index (χ0n) is 17.9. The summed E-state index contributed by atoms with van der Waals surface area (Å²) in [5.41, 5.74) is 3.69. The Bertz CT molecular complexity index is 814. The average Bonchev–Trinajstić information content (AvgIpc) is 3.41. The molecule has 4 bridgehead atoms. The summed E-state index contributed by atoms with van der Waals surface area (Å²) in [4.78, 5) is 0. The zero-order valence-corrected chi connectivity index (χ0v) is 17.9. The highest BCUT2D eigenvalue weighted by atomic mass is 16.6. The van der Waals surface area contributed by atoms with Gasteiger partial charge in [-0.2, -0.15) is 0 Å².